The van der Waals surface area contributed by atoms with Crippen molar-refractivity contribution >= 4 is 22.9 Å². The summed E-state index contributed by atoms with van der Waals surface area (Å²) in [5, 5.41) is 3.08. The zero-order valence-corrected chi connectivity index (χ0v) is 16.4. The fraction of sp³-hybridized carbons (Fsp3) is 0.391. The van der Waals surface area contributed by atoms with Crippen LogP contribution < -0.4 is 4.74 Å². The van der Waals surface area contributed by atoms with Crippen LogP contribution in [0.1, 0.15) is 48.8 Å². The van der Waals surface area contributed by atoms with Crippen molar-refractivity contribution in [3.05, 3.63) is 70.1 Å². The number of unbranched alkanes of at least 4 members (excludes halogenated alkanes) is 2. The number of rotatable bonds is 8. The van der Waals surface area contributed by atoms with Crippen LogP contribution in [-0.4, -0.2) is 12.5 Å². The first-order chi connectivity index (χ1) is 13.3. The number of aryl methyl sites for hydroxylation is 1. The van der Waals surface area contributed by atoms with Crippen molar-refractivity contribution in [3.8, 4) is 5.75 Å². The standard InChI is InChI=1S/C23H26ClNO2/c24-14-4-1-5-15-27-23-12-9-18(10-13-23)19-6-2-3-7-20-17-22(25-26)11-8-21(20)16-19/h6,8-13,17H,1-5,7,14-16H2/b19-6+. The van der Waals surface area contributed by atoms with Gasteiger partial charge >= 0.3 is 0 Å². The molecule has 2 aromatic carbocycles. The Balaban J connectivity index is 1.66. The molecule has 0 spiro atoms. The molecule has 0 atom stereocenters. The van der Waals surface area contributed by atoms with E-state index in [1.807, 2.05) is 18.2 Å². The quantitative estimate of drug-likeness (QED) is 0.284. The van der Waals surface area contributed by atoms with E-state index in [4.69, 9.17) is 16.3 Å². The van der Waals surface area contributed by atoms with Gasteiger partial charge in [0.2, 0.25) is 0 Å². The third-order valence-corrected chi connectivity index (χ3v) is 5.26. The summed E-state index contributed by atoms with van der Waals surface area (Å²) >= 11 is 5.69. The smallest absolute Gasteiger partial charge is 0.119 e. The average Bonchev–Trinajstić information content (AvgIpc) is 2.69. The van der Waals surface area contributed by atoms with Crippen molar-refractivity contribution in [2.24, 2.45) is 5.18 Å². The van der Waals surface area contributed by atoms with Crippen LogP contribution in [0.25, 0.3) is 5.57 Å². The number of ether oxygens (including phenoxy) is 1. The lowest BCUT2D eigenvalue weighted by atomic mass is 9.89. The van der Waals surface area contributed by atoms with E-state index >= 15 is 0 Å². The maximum atomic E-state index is 10.8. The van der Waals surface area contributed by atoms with Gasteiger partial charge in [0.25, 0.3) is 0 Å². The predicted molar refractivity (Wildman–Crippen MR) is 113 cm³/mol. The highest BCUT2D eigenvalue weighted by molar-refractivity contribution is 6.17. The molecule has 0 unspecified atom stereocenters. The Kier molecular flexibility index (Phi) is 7.46. The van der Waals surface area contributed by atoms with Crippen LogP contribution in [0.2, 0.25) is 0 Å². The van der Waals surface area contributed by atoms with Gasteiger partial charge in [-0.3, -0.25) is 0 Å². The second kappa shape index (κ2) is 10.3. The zero-order valence-electron chi connectivity index (χ0n) is 15.6. The Morgan fingerprint density at radius 3 is 2.63 bits per heavy atom. The minimum atomic E-state index is 0.521. The minimum Gasteiger partial charge on any atom is -0.494 e. The normalized spacial score (nSPS) is 15.8. The van der Waals surface area contributed by atoms with Crippen molar-refractivity contribution in [1.29, 1.82) is 0 Å². The fourth-order valence-corrected chi connectivity index (χ4v) is 3.66. The number of benzene rings is 2. The van der Waals surface area contributed by atoms with E-state index in [0.717, 1.165) is 63.2 Å². The number of nitrogens with zero attached hydrogens (tertiary/aromatic N) is 1. The van der Waals surface area contributed by atoms with E-state index in [1.165, 1.54) is 22.3 Å². The molecule has 27 heavy (non-hydrogen) atoms. The van der Waals surface area contributed by atoms with Crippen molar-refractivity contribution in [2.75, 3.05) is 12.5 Å². The number of alkyl halides is 1. The molecule has 0 heterocycles. The molecule has 4 heteroatoms. The molecule has 142 valence electrons. The molecule has 0 fully saturated rings. The van der Waals surface area contributed by atoms with Crippen LogP contribution >= 0.6 is 11.6 Å². The summed E-state index contributed by atoms with van der Waals surface area (Å²) in [6.07, 6.45) is 9.55. The van der Waals surface area contributed by atoms with E-state index < -0.39 is 0 Å². The first-order valence-electron chi connectivity index (χ1n) is 9.73. The van der Waals surface area contributed by atoms with Crippen molar-refractivity contribution in [3.63, 3.8) is 0 Å². The Hall–Kier alpha value is -2.13. The zero-order chi connectivity index (χ0) is 18.9. The van der Waals surface area contributed by atoms with Gasteiger partial charge in [-0.1, -0.05) is 24.3 Å². The molecule has 0 bridgehead atoms. The lowest BCUT2D eigenvalue weighted by Crippen LogP contribution is -2.01. The van der Waals surface area contributed by atoms with Gasteiger partial charge in [-0.05, 0) is 96.7 Å². The Bertz CT molecular complexity index is 783. The van der Waals surface area contributed by atoms with E-state index in [0.29, 0.717) is 5.69 Å². The number of allylic oxidation sites excluding steroid dienone is 2. The lowest BCUT2D eigenvalue weighted by molar-refractivity contribution is 0.306. The Morgan fingerprint density at radius 2 is 1.85 bits per heavy atom. The lowest BCUT2D eigenvalue weighted by Gasteiger charge is -2.16. The Labute approximate surface area is 166 Å². The minimum absolute atomic E-state index is 0.521. The highest BCUT2D eigenvalue weighted by atomic mass is 35.5. The maximum Gasteiger partial charge on any atom is 0.119 e. The summed E-state index contributed by atoms with van der Waals surface area (Å²) in [6.45, 7) is 0.736. The molecule has 0 amide bonds. The molecule has 0 N–H and O–H groups in total. The first kappa shape index (κ1) is 19.6. The van der Waals surface area contributed by atoms with Crippen molar-refractivity contribution in [2.45, 2.75) is 44.9 Å². The molecule has 2 aromatic rings. The molecule has 0 radical (unpaired) electrons. The van der Waals surface area contributed by atoms with Crippen LogP contribution in [0.3, 0.4) is 0 Å². The molecule has 0 saturated carbocycles. The predicted octanol–water partition coefficient (Wildman–Crippen LogP) is 6.83. The molecule has 3 rings (SSSR count). The highest BCUT2D eigenvalue weighted by Gasteiger charge is 2.12. The van der Waals surface area contributed by atoms with Crippen molar-refractivity contribution in [1.82, 2.24) is 0 Å². The summed E-state index contributed by atoms with van der Waals surface area (Å²) in [5.74, 6) is 1.64. The Morgan fingerprint density at radius 1 is 1.00 bits per heavy atom. The topological polar surface area (TPSA) is 38.7 Å². The van der Waals surface area contributed by atoms with E-state index in [1.54, 1.807) is 0 Å². The SMILES string of the molecule is O=Nc1ccc2c(c1)CCC/C=C(/c1ccc(OCCCCCCl)cc1)C2. The van der Waals surface area contributed by atoms with E-state index in [-0.39, 0.29) is 0 Å². The first-order valence-corrected chi connectivity index (χ1v) is 10.3. The van der Waals surface area contributed by atoms with Gasteiger partial charge in [0.1, 0.15) is 11.4 Å². The fourth-order valence-electron chi connectivity index (χ4n) is 3.47. The number of nitroso groups, excluding NO2 is 1. The van der Waals surface area contributed by atoms with E-state index in [9.17, 15) is 4.91 Å². The van der Waals surface area contributed by atoms with Gasteiger partial charge in [-0.2, -0.15) is 0 Å². The number of hydrogen-bond donors (Lipinski definition) is 0. The maximum absolute atomic E-state index is 10.8. The molecule has 3 nitrogen and oxygen atoms in total. The summed E-state index contributed by atoms with van der Waals surface area (Å²) in [6, 6.07) is 14.2. The molecule has 1 aliphatic carbocycles. The average molecular weight is 384 g/mol. The summed E-state index contributed by atoms with van der Waals surface area (Å²) in [4.78, 5) is 10.8. The third kappa shape index (κ3) is 5.67. The van der Waals surface area contributed by atoms with Crippen LogP contribution in [0.15, 0.2) is 53.7 Å². The number of halogens is 1. The monoisotopic (exact) mass is 383 g/mol. The summed E-state index contributed by atoms with van der Waals surface area (Å²) in [5.41, 5.74) is 5.61. The van der Waals surface area contributed by atoms with Gasteiger partial charge < -0.3 is 4.74 Å². The van der Waals surface area contributed by atoms with Crippen molar-refractivity contribution < 1.29 is 4.74 Å². The van der Waals surface area contributed by atoms with Crippen LogP contribution in [0.4, 0.5) is 5.69 Å². The molecular weight excluding hydrogens is 358 g/mol. The summed E-state index contributed by atoms with van der Waals surface area (Å²) < 4.78 is 5.82. The molecule has 0 aromatic heterocycles. The van der Waals surface area contributed by atoms with Crippen LogP contribution in [0.5, 0.6) is 5.75 Å². The molecule has 1 aliphatic rings. The molecular formula is C23H26ClNO2. The number of hydrogen-bond acceptors (Lipinski definition) is 3. The van der Waals surface area contributed by atoms with E-state index in [2.05, 4.69) is 35.5 Å². The van der Waals surface area contributed by atoms with Crippen LogP contribution in [-0.2, 0) is 12.8 Å². The highest BCUT2D eigenvalue weighted by Crippen LogP contribution is 2.29. The second-order valence-corrected chi connectivity index (χ2v) is 7.34. The summed E-state index contributed by atoms with van der Waals surface area (Å²) in [7, 11) is 0. The second-order valence-electron chi connectivity index (χ2n) is 6.97. The van der Waals surface area contributed by atoms with Gasteiger partial charge in [0.15, 0.2) is 0 Å². The van der Waals surface area contributed by atoms with Gasteiger partial charge in [0, 0.05) is 5.88 Å². The van der Waals surface area contributed by atoms with Gasteiger partial charge in [-0.15, -0.1) is 16.5 Å². The van der Waals surface area contributed by atoms with Gasteiger partial charge in [-0.25, -0.2) is 0 Å². The molecule has 0 saturated heterocycles. The third-order valence-electron chi connectivity index (χ3n) is 4.99. The molecule has 0 aliphatic heterocycles. The largest absolute Gasteiger partial charge is 0.494 e. The van der Waals surface area contributed by atoms with Gasteiger partial charge in [0.05, 0.1) is 6.61 Å². The van der Waals surface area contributed by atoms with Crippen LogP contribution in [0, 0.1) is 4.91 Å². The number of fused-ring (bicyclic) bond motifs is 1.